The van der Waals surface area contributed by atoms with Gasteiger partial charge in [-0.25, -0.2) is 9.37 Å². The molecule has 6 nitrogen and oxygen atoms in total. The highest BCUT2D eigenvalue weighted by Crippen LogP contribution is 2.38. The summed E-state index contributed by atoms with van der Waals surface area (Å²) in [6, 6.07) is 1.93. The largest absolute Gasteiger partial charge is 0.472 e. The Labute approximate surface area is 188 Å². The van der Waals surface area contributed by atoms with Gasteiger partial charge in [0.25, 0.3) is 5.91 Å². The number of nitrogens with zero attached hydrogens (tertiary/aromatic N) is 4. The van der Waals surface area contributed by atoms with E-state index in [1.165, 1.54) is 4.90 Å². The van der Waals surface area contributed by atoms with Gasteiger partial charge in [-0.3, -0.25) is 14.7 Å². The highest BCUT2D eigenvalue weighted by atomic mass is 19.4. The third-order valence-corrected chi connectivity index (χ3v) is 6.54. The summed E-state index contributed by atoms with van der Waals surface area (Å²) in [4.78, 5) is 25.4. The highest BCUT2D eigenvalue weighted by molar-refractivity contribution is 5.94. The lowest BCUT2D eigenvalue weighted by Crippen LogP contribution is -2.40. The van der Waals surface area contributed by atoms with Gasteiger partial charge in [0.05, 0.1) is 29.2 Å². The lowest BCUT2D eigenvalue weighted by molar-refractivity contribution is -0.137. The Hall–Kier alpha value is -2.75. The molecule has 2 atom stereocenters. The first-order chi connectivity index (χ1) is 15.8. The predicted octanol–water partition coefficient (Wildman–Crippen LogP) is 3.88. The molecule has 3 fully saturated rings. The number of fused-ring (bicyclic) bond motifs is 1. The molecule has 5 rings (SSSR count). The first-order valence-electron chi connectivity index (χ1n) is 11.2. The Balaban J connectivity index is 1.25. The van der Waals surface area contributed by atoms with Crippen LogP contribution in [0.25, 0.3) is 0 Å². The maximum Gasteiger partial charge on any atom is 0.416 e. The normalized spacial score (nSPS) is 23.8. The maximum atomic E-state index is 14.3. The van der Waals surface area contributed by atoms with E-state index in [2.05, 4.69) is 14.9 Å². The van der Waals surface area contributed by atoms with Crippen molar-refractivity contribution < 1.29 is 27.1 Å². The molecule has 3 heterocycles. The van der Waals surface area contributed by atoms with E-state index in [0.717, 1.165) is 25.1 Å². The molecule has 1 saturated carbocycles. The Morgan fingerprint density at radius 1 is 1.09 bits per heavy atom. The van der Waals surface area contributed by atoms with Crippen LogP contribution < -0.4 is 4.74 Å². The van der Waals surface area contributed by atoms with Gasteiger partial charge in [-0.05, 0) is 37.5 Å². The molecule has 2 aliphatic heterocycles. The Morgan fingerprint density at radius 2 is 1.91 bits per heavy atom. The number of rotatable bonds is 4. The second-order valence-corrected chi connectivity index (χ2v) is 8.98. The van der Waals surface area contributed by atoms with Gasteiger partial charge in [0.15, 0.2) is 0 Å². The number of benzene rings is 1. The van der Waals surface area contributed by atoms with Gasteiger partial charge in [0, 0.05) is 44.6 Å². The van der Waals surface area contributed by atoms with Crippen molar-refractivity contribution in [1.29, 1.82) is 0 Å². The van der Waals surface area contributed by atoms with Crippen molar-refractivity contribution in [3.05, 3.63) is 53.2 Å². The minimum Gasteiger partial charge on any atom is -0.472 e. The van der Waals surface area contributed by atoms with Crippen LogP contribution in [0.5, 0.6) is 5.88 Å². The number of hydrogen-bond acceptors (Lipinski definition) is 5. The molecule has 0 unspecified atom stereocenters. The molecule has 1 aromatic heterocycles. The number of halogens is 4. The molecular weight excluding hydrogens is 440 g/mol. The zero-order chi connectivity index (χ0) is 23.2. The molecule has 0 radical (unpaired) electrons. The van der Waals surface area contributed by atoms with Gasteiger partial charge in [-0.15, -0.1) is 0 Å². The van der Waals surface area contributed by atoms with Gasteiger partial charge >= 0.3 is 6.18 Å². The van der Waals surface area contributed by atoms with Crippen molar-refractivity contribution in [2.75, 3.05) is 26.2 Å². The van der Waals surface area contributed by atoms with Crippen LogP contribution in [-0.2, 0) is 6.18 Å². The number of carbonyl (C=O) groups is 1. The fourth-order valence-corrected chi connectivity index (χ4v) is 4.67. The van der Waals surface area contributed by atoms with Crippen molar-refractivity contribution >= 4 is 5.91 Å². The van der Waals surface area contributed by atoms with Crippen LogP contribution in [0.4, 0.5) is 17.6 Å². The van der Waals surface area contributed by atoms with Crippen molar-refractivity contribution in [1.82, 2.24) is 19.8 Å². The molecule has 1 amide bonds. The molecule has 3 aliphatic rings. The van der Waals surface area contributed by atoms with E-state index in [-0.39, 0.29) is 12.1 Å². The number of carbonyl (C=O) groups excluding carboxylic acids is 1. The van der Waals surface area contributed by atoms with Gasteiger partial charge in [0.1, 0.15) is 11.9 Å². The van der Waals surface area contributed by atoms with Crippen molar-refractivity contribution in [2.24, 2.45) is 0 Å². The van der Waals surface area contributed by atoms with Crippen LogP contribution >= 0.6 is 0 Å². The summed E-state index contributed by atoms with van der Waals surface area (Å²) >= 11 is 0. The van der Waals surface area contributed by atoms with Gasteiger partial charge in [-0.1, -0.05) is 0 Å². The van der Waals surface area contributed by atoms with Crippen LogP contribution in [0, 0.1) is 5.82 Å². The van der Waals surface area contributed by atoms with Crippen molar-refractivity contribution in [3.8, 4) is 5.88 Å². The van der Waals surface area contributed by atoms with Crippen molar-refractivity contribution in [3.63, 3.8) is 0 Å². The summed E-state index contributed by atoms with van der Waals surface area (Å²) < 4.78 is 59.4. The third-order valence-electron chi connectivity index (χ3n) is 6.54. The Kier molecular flexibility index (Phi) is 5.72. The minimum absolute atomic E-state index is 0.0194. The Morgan fingerprint density at radius 3 is 2.61 bits per heavy atom. The van der Waals surface area contributed by atoms with Crippen LogP contribution in [-0.4, -0.2) is 64.0 Å². The maximum absolute atomic E-state index is 14.3. The number of ether oxygens (including phenoxy) is 1. The third kappa shape index (κ3) is 4.80. The van der Waals surface area contributed by atoms with E-state index < -0.39 is 29.0 Å². The molecular formula is C23H24F4N4O2. The molecule has 1 aromatic carbocycles. The van der Waals surface area contributed by atoms with E-state index in [4.69, 9.17) is 4.74 Å². The predicted molar refractivity (Wildman–Crippen MR) is 110 cm³/mol. The summed E-state index contributed by atoms with van der Waals surface area (Å²) in [5, 5.41) is 0. The molecule has 10 heteroatoms. The SMILES string of the molecule is O=C(c1cc(C(F)(F)F)ccc1F)N1CCCN2C[C@H](Oc3cnc(C4CC4)cn3)C[C@H]2C1. The van der Waals surface area contributed by atoms with Crippen LogP contribution in [0.15, 0.2) is 30.6 Å². The first kappa shape index (κ1) is 22.1. The fourth-order valence-electron chi connectivity index (χ4n) is 4.67. The average Bonchev–Trinajstić information content (AvgIpc) is 3.58. The van der Waals surface area contributed by atoms with Crippen molar-refractivity contribution in [2.45, 2.75) is 49.9 Å². The molecule has 2 aromatic rings. The second kappa shape index (κ2) is 8.55. The zero-order valence-corrected chi connectivity index (χ0v) is 17.9. The minimum atomic E-state index is -4.64. The fraction of sp³-hybridized carbons (Fsp3) is 0.522. The highest BCUT2D eigenvalue weighted by Gasteiger charge is 2.38. The number of alkyl halides is 3. The Bertz CT molecular complexity index is 1030. The summed E-state index contributed by atoms with van der Waals surface area (Å²) in [5.74, 6) is -0.691. The summed E-state index contributed by atoms with van der Waals surface area (Å²) in [5.41, 5.74) is -0.597. The monoisotopic (exact) mass is 464 g/mol. The lowest BCUT2D eigenvalue weighted by atomic mass is 10.1. The first-order valence-corrected chi connectivity index (χ1v) is 11.2. The summed E-state index contributed by atoms with van der Waals surface area (Å²) in [7, 11) is 0. The quantitative estimate of drug-likeness (QED) is 0.643. The van der Waals surface area contributed by atoms with E-state index in [1.807, 2.05) is 0 Å². The number of aromatic nitrogens is 2. The zero-order valence-electron chi connectivity index (χ0n) is 17.9. The molecule has 176 valence electrons. The molecule has 2 saturated heterocycles. The van der Waals surface area contributed by atoms with Gasteiger partial charge < -0.3 is 9.64 Å². The summed E-state index contributed by atoms with van der Waals surface area (Å²) in [6.07, 6.45) is 2.20. The average molecular weight is 464 g/mol. The molecule has 1 aliphatic carbocycles. The van der Waals surface area contributed by atoms with E-state index >= 15 is 0 Å². The van der Waals surface area contributed by atoms with Gasteiger partial charge in [0.2, 0.25) is 5.88 Å². The molecule has 33 heavy (non-hydrogen) atoms. The van der Waals surface area contributed by atoms with E-state index in [9.17, 15) is 22.4 Å². The van der Waals surface area contributed by atoms with Gasteiger partial charge in [-0.2, -0.15) is 13.2 Å². The smallest absolute Gasteiger partial charge is 0.416 e. The number of hydrogen-bond donors (Lipinski definition) is 0. The number of amides is 1. The molecule has 0 spiro atoms. The topological polar surface area (TPSA) is 58.6 Å². The molecule has 0 N–H and O–H groups in total. The standard InChI is InChI=1S/C23H24F4N4O2/c24-19-5-4-15(23(25,26)27)8-18(19)22(32)31-7-1-6-30-13-17(9-16(30)12-31)33-21-11-28-20(10-29-21)14-2-3-14/h4-5,8,10-11,14,16-17H,1-3,6-7,9,12-13H2/t16-,17+/m0/s1. The molecule has 0 bridgehead atoms. The van der Waals surface area contributed by atoms with E-state index in [0.29, 0.717) is 62.5 Å². The van der Waals surface area contributed by atoms with Crippen LogP contribution in [0.2, 0.25) is 0 Å². The van der Waals surface area contributed by atoms with Crippen LogP contribution in [0.1, 0.15) is 53.2 Å². The lowest BCUT2D eigenvalue weighted by Gasteiger charge is -2.25. The van der Waals surface area contributed by atoms with Crippen LogP contribution in [0.3, 0.4) is 0 Å². The second-order valence-electron chi connectivity index (χ2n) is 8.98. The summed E-state index contributed by atoms with van der Waals surface area (Å²) in [6.45, 7) is 2.06. The van der Waals surface area contributed by atoms with E-state index in [1.54, 1.807) is 12.4 Å².